The maximum Gasteiger partial charge on any atom is 0.277 e. The number of benzene rings is 1. The number of imide groups is 1. The van der Waals surface area contributed by atoms with Gasteiger partial charge in [0.1, 0.15) is 11.5 Å². The zero-order valence-electron chi connectivity index (χ0n) is 10.3. The monoisotopic (exact) mass is 264 g/mol. The van der Waals surface area contributed by atoms with Gasteiger partial charge in [0.2, 0.25) is 0 Å². The predicted octanol–water partition coefficient (Wildman–Crippen LogP) is 0.791. The lowest BCUT2D eigenvalue weighted by molar-refractivity contribution is -0.137. The van der Waals surface area contributed by atoms with Crippen molar-refractivity contribution in [1.29, 1.82) is 0 Å². The topological polar surface area (TPSA) is 69.6 Å². The van der Waals surface area contributed by atoms with Crippen LogP contribution in [0.25, 0.3) is 0 Å². The lowest BCUT2D eigenvalue weighted by Crippen LogP contribution is -2.34. The third kappa shape index (κ3) is 2.63. The first kappa shape index (κ1) is 13.2. The summed E-state index contributed by atoms with van der Waals surface area (Å²) in [6, 6.07) is 4.14. The van der Waals surface area contributed by atoms with Crippen molar-refractivity contribution in [2.24, 2.45) is 0 Å². The average molecular weight is 264 g/mol. The Morgan fingerprint density at radius 3 is 2.79 bits per heavy atom. The molecule has 0 saturated carbocycles. The van der Waals surface area contributed by atoms with Gasteiger partial charge in [0.05, 0.1) is 13.2 Å². The fourth-order valence-electron chi connectivity index (χ4n) is 1.78. The molecular formula is C13H13FN2O3. The second kappa shape index (κ2) is 5.19. The Labute approximate surface area is 109 Å². The van der Waals surface area contributed by atoms with Crippen LogP contribution in [0, 0.1) is 12.7 Å². The number of hydrogen-bond acceptors (Lipinski definition) is 4. The first-order chi connectivity index (χ1) is 9.02. The van der Waals surface area contributed by atoms with E-state index in [0.29, 0.717) is 5.69 Å². The summed E-state index contributed by atoms with van der Waals surface area (Å²) in [5.74, 6) is -1.45. The Kier molecular flexibility index (Phi) is 3.62. The molecular weight excluding hydrogens is 251 g/mol. The van der Waals surface area contributed by atoms with Crippen LogP contribution in [0.15, 0.2) is 30.0 Å². The van der Waals surface area contributed by atoms with Gasteiger partial charge < -0.3 is 10.4 Å². The maximum atomic E-state index is 13.1. The standard InChI is InChI=1S/C13H13FN2O3/c1-8-2-3-9(14)6-10(8)15-11-7-12(18)16(4-5-17)13(11)19/h2-3,6-7,15,17H,4-5H2,1H3. The number of nitrogens with one attached hydrogen (secondary N) is 1. The maximum absolute atomic E-state index is 13.1. The highest BCUT2D eigenvalue weighted by Crippen LogP contribution is 2.21. The quantitative estimate of drug-likeness (QED) is 0.789. The van der Waals surface area contributed by atoms with Crippen molar-refractivity contribution >= 4 is 17.5 Å². The van der Waals surface area contributed by atoms with Gasteiger partial charge in [-0.3, -0.25) is 14.5 Å². The molecule has 0 aliphatic carbocycles. The van der Waals surface area contributed by atoms with Crippen LogP contribution < -0.4 is 5.32 Å². The highest BCUT2D eigenvalue weighted by atomic mass is 19.1. The number of β-amino-alcohol motifs (C(OH)–C–C–N with tert-alkyl or cyclic N) is 1. The lowest BCUT2D eigenvalue weighted by Gasteiger charge is -2.14. The molecule has 0 fully saturated rings. The van der Waals surface area contributed by atoms with Crippen molar-refractivity contribution in [3.63, 3.8) is 0 Å². The molecule has 0 atom stereocenters. The predicted molar refractivity (Wildman–Crippen MR) is 66.6 cm³/mol. The Morgan fingerprint density at radius 1 is 1.37 bits per heavy atom. The van der Waals surface area contributed by atoms with Gasteiger partial charge >= 0.3 is 0 Å². The van der Waals surface area contributed by atoms with Crippen LogP contribution in [-0.4, -0.2) is 35.0 Å². The number of carbonyl (C=O) groups excluding carboxylic acids is 2. The number of aliphatic hydroxyl groups is 1. The Balaban J connectivity index is 2.20. The van der Waals surface area contributed by atoms with Crippen LogP contribution in [0.2, 0.25) is 0 Å². The molecule has 1 heterocycles. The molecule has 2 amide bonds. The Hall–Kier alpha value is -2.21. The van der Waals surface area contributed by atoms with Crippen LogP contribution in [-0.2, 0) is 9.59 Å². The molecule has 0 spiro atoms. The van der Waals surface area contributed by atoms with Gasteiger partial charge in [-0.15, -0.1) is 0 Å². The molecule has 5 nitrogen and oxygen atoms in total. The van der Waals surface area contributed by atoms with Crippen molar-refractivity contribution in [2.45, 2.75) is 6.92 Å². The van der Waals surface area contributed by atoms with Crippen LogP contribution in [0.3, 0.4) is 0 Å². The van der Waals surface area contributed by atoms with Crippen LogP contribution in [0.5, 0.6) is 0 Å². The molecule has 0 radical (unpaired) electrons. The van der Waals surface area contributed by atoms with Crippen molar-refractivity contribution < 1.29 is 19.1 Å². The minimum Gasteiger partial charge on any atom is -0.395 e. The van der Waals surface area contributed by atoms with E-state index in [1.807, 2.05) is 0 Å². The molecule has 1 aromatic carbocycles. The number of aryl methyl sites for hydroxylation is 1. The lowest BCUT2D eigenvalue weighted by atomic mass is 10.2. The van der Waals surface area contributed by atoms with Gasteiger partial charge in [0, 0.05) is 11.8 Å². The summed E-state index contributed by atoms with van der Waals surface area (Å²) in [6.07, 6.45) is 1.14. The van der Waals surface area contributed by atoms with Gasteiger partial charge in [0.25, 0.3) is 11.8 Å². The number of carbonyl (C=O) groups is 2. The fraction of sp³-hybridized carbons (Fsp3) is 0.231. The molecule has 6 heteroatoms. The third-order valence-electron chi connectivity index (χ3n) is 2.80. The highest BCUT2D eigenvalue weighted by molar-refractivity contribution is 6.17. The number of amides is 2. The van der Waals surface area contributed by atoms with Gasteiger partial charge in [-0.2, -0.15) is 0 Å². The molecule has 2 rings (SSSR count). The number of anilines is 1. The van der Waals surface area contributed by atoms with E-state index in [1.165, 1.54) is 12.1 Å². The number of nitrogens with zero attached hydrogens (tertiary/aromatic N) is 1. The third-order valence-corrected chi connectivity index (χ3v) is 2.80. The summed E-state index contributed by atoms with van der Waals surface area (Å²) >= 11 is 0. The molecule has 19 heavy (non-hydrogen) atoms. The SMILES string of the molecule is Cc1ccc(F)cc1NC1=CC(=O)N(CCO)C1=O. The van der Waals surface area contributed by atoms with E-state index in [0.717, 1.165) is 16.5 Å². The molecule has 0 unspecified atom stereocenters. The molecule has 1 aliphatic rings. The number of rotatable bonds is 4. The second-order valence-electron chi connectivity index (χ2n) is 4.16. The second-order valence-corrected chi connectivity index (χ2v) is 4.16. The number of hydrogen-bond donors (Lipinski definition) is 2. The minimum atomic E-state index is -0.525. The Bertz CT molecular complexity index is 569. The zero-order valence-corrected chi connectivity index (χ0v) is 10.3. The molecule has 1 aliphatic heterocycles. The van der Waals surface area contributed by atoms with Crippen molar-refractivity contribution in [3.05, 3.63) is 41.4 Å². The molecule has 0 bridgehead atoms. The van der Waals surface area contributed by atoms with Crippen molar-refractivity contribution in [3.8, 4) is 0 Å². The summed E-state index contributed by atoms with van der Waals surface area (Å²) in [5, 5.41) is 11.5. The zero-order chi connectivity index (χ0) is 14.0. The number of halogens is 1. The van der Waals surface area contributed by atoms with E-state index in [2.05, 4.69) is 5.32 Å². The van der Waals surface area contributed by atoms with E-state index in [-0.39, 0.29) is 18.8 Å². The van der Waals surface area contributed by atoms with Crippen LogP contribution in [0.1, 0.15) is 5.56 Å². The molecule has 0 saturated heterocycles. The van der Waals surface area contributed by atoms with E-state index >= 15 is 0 Å². The fourth-order valence-corrected chi connectivity index (χ4v) is 1.78. The summed E-state index contributed by atoms with van der Waals surface area (Å²) in [7, 11) is 0. The normalized spacial score (nSPS) is 14.9. The molecule has 0 aromatic heterocycles. The average Bonchev–Trinajstić information content (AvgIpc) is 2.62. The molecule has 1 aromatic rings. The number of aliphatic hydroxyl groups excluding tert-OH is 1. The van der Waals surface area contributed by atoms with Gasteiger partial charge in [0.15, 0.2) is 0 Å². The van der Waals surface area contributed by atoms with E-state index in [1.54, 1.807) is 13.0 Å². The Morgan fingerprint density at radius 2 is 2.11 bits per heavy atom. The van der Waals surface area contributed by atoms with Crippen molar-refractivity contribution in [1.82, 2.24) is 4.90 Å². The molecule has 100 valence electrons. The van der Waals surface area contributed by atoms with Crippen LogP contribution >= 0.6 is 0 Å². The van der Waals surface area contributed by atoms with E-state index in [9.17, 15) is 14.0 Å². The largest absolute Gasteiger partial charge is 0.395 e. The van der Waals surface area contributed by atoms with Crippen molar-refractivity contribution in [2.75, 3.05) is 18.5 Å². The first-order valence-electron chi connectivity index (χ1n) is 5.74. The van der Waals surface area contributed by atoms with Gasteiger partial charge in [-0.05, 0) is 24.6 Å². The summed E-state index contributed by atoms with van der Waals surface area (Å²) in [4.78, 5) is 24.3. The van der Waals surface area contributed by atoms with Crippen LogP contribution in [0.4, 0.5) is 10.1 Å². The van der Waals surface area contributed by atoms with E-state index in [4.69, 9.17) is 5.11 Å². The summed E-state index contributed by atoms with van der Waals surface area (Å²) < 4.78 is 13.1. The highest BCUT2D eigenvalue weighted by Gasteiger charge is 2.30. The smallest absolute Gasteiger partial charge is 0.277 e. The van der Waals surface area contributed by atoms with E-state index < -0.39 is 17.6 Å². The van der Waals surface area contributed by atoms with Gasteiger partial charge in [-0.25, -0.2) is 4.39 Å². The summed E-state index contributed by atoms with van der Waals surface area (Å²) in [6.45, 7) is 1.41. The first-order valence-corrected chi connectivity index (χ1v) is 5.74. The summed E-state index contributed by atoms with van der Waals surface area (Å²) in [5.41, 5.74) is 1.26. The minimum absolute atomic E-state index is 0.0541. The van der Waals surface area contributed by atoms with Gasteiger partial charge in [-0.1, -0.05) is 6.07 Å². The molecule has 2 N–H and O–H groups in total.